The maximum absolute atomic E-state index is 3.32. The van der Waals surface area contributed by atoms with Crippen molar-refractivity contribution >= 4 is 0 Å². The van der Waals surface area contributed by atoms with Gasteiger partial charge in [-0.05, 0) is 38.5 Å². The molecule has 0 amide bonds. The summed E-state index contributed by atoms with van der Waals surface area (Å²) in [6.07, 6.45) is 4.11. The number of benzene rings is 1. The first-order valence-electron chi connectivity index (χ1n) is 6.35. The highest BCUT2D eigenvalue weighted by Crippen LogP contribution is 2.23. The Morgan fingerprint density at radius 2 is 1.81 bits per heavy atom. The van der Waals surface area contributed by atoms with Gasteiger partial charge in [-0.2, -0.15) is 0 Å². The fourth-order valence-electron chi connectivity index (χ4n) is 2.56. The summed E-state index contributed by atoms with van der Waals surface area (Å²) in [6.45, 7) is 3.55. The molecule has 0 aromatic heterocycles. The molecular formula is C14H22N2. The number of likely N-dealkylation sites (tertiary alicyclic amines) is 1. The van der Waals surface area contributed by atoms with Crippen LogP contribution in [-0.4, -0.2) is 31.6 Å². The van der Waals surface area contributed by atoms with Gasteiger partial charge in [0.1, 0.15) is 0 Å². The summed E-state index contributed by atoms with van der Waals surface area (Å²) >= 11 is 0. The summed E-state index contributed by atoms with van der Waals surface area (Å²) in [6, 6.07) is 11.4. The first-order chi connectivity index (χ1) is 7.92. The second-order valence-electron chi connectivity index (χ2n) is 4.58. The topological polar surface area (TPSA) is 15.3 Å². The fourth-order valence-corrected chi connectivity index (χ4v) is 2.56. The van der Waals surface area contributed by atoms with E-state index in [4.69, 9.17) is 0 Å². The van der Waals surface area contributed by atoms with Crippen molar-refractivity contribution in [3.63, 3.8) is 0 Å². The van der Waals surface area contributed by atoms with Crippen molar-refractivity contribution in [2.75, 3.05) is 26.7 Å². The van der Waals surface area contributed by atoms with Crippen molar-refractivity contribution in [1.29, 1.82) is 0 Å². The van der Waals surface area contributed by atoms with E-state index >= 15 is 0 Å². The summed E-state index contributed by atoms with van der Waals surface area (Å²) in [4.78, 5) is 2.62. The standard InChI is InChI=1S/C14H22N2/c1-15-12-14(13-8-4-2-5-9-13)16-10-6-3-7-11-16/h2,4-5,8-9,14-15H,3,6-7,10-12H2,1H3/t14-/m1/s1. The molecular weight excluding hydrogens is 196 g/mol. The Hall–Kier alpha value is -0.860. The smallest absolute Gasteiger partial charge is 0.0472 e. The van der Waals surface area contributed by atoms with Gasteiger partial charge in [-0.25, -0.2) is 0 Å². The molecule has 2 heteroatoms. The highest BCUT2D eigenvalue weighted by Gasteiger charge is 2.20. The number of nitrogens with one attached hydrogen (secondary N) is 1. The minimum Gasteiger partial charge on any atom is -0.318 e. The molecule has 2 nitrogen and oxygen atoms in total. The van der Waals surface area contributed by atoms with Gasteiger partial charge in [-0.15, -0.1) is 0 Å². The van der Waals surface area contributed by atoms with E-state index in [9.17, 15) is 0 Å². The van der Waals surface area contributed by atoms with Crippen LogP contribution in [-0.2, 0) is 0 Å². The number of hydrogen-bond donors (Lipinski definition) is 1. The maximum Gasteiger partial charge on any atom is 0.0472 e. The van der Waals surface area contributed by atoms with E-state index in [-0.39, 0.29) is 0 Å². The van der Waals surface area contributed by atoms with Gasteiger partial charge < -0.3 is 5.32 Å². The third-order valence-corrected chi connectivity index (χ3v) is 3.41. The van der Waals surface area contributed by atoms with Crippen molar-refractivity contribution < 1.29 is 0 Å². The number of piperidine rings is 1. The highest BCUT2D eigenvalue weighted by molar-refractivity contribution is 5.19. The highest BCUT2D eigenvalue weighted by atomic mass is 15.2. The zero-order valence-electron chi connectivity index (χ0n) is 10.2. The third kappa shape index (κ3) is 2.83. The molecule has 0 aliphatic carbocycles. The van der Waals surface area contributed by atoms with Crippen LogP contribution in [0.4, 0.5) is 0 Å². The predicted molar refractivity (Wildman–Crippen MR) is 68.5 cm³/mol. The summed E-state index contributed by atoms with van der Waals surface area (Å²) in [5.41, 5.74) is 1.44. The molecule has 1 atom stereocenters. The Labute approximate surface area is 98.7 Å². The molecule has 88 valence electrons. The van der Waals surface area contributed by atoms with E-state index in [0.29, 0.717) is 6.04 Å². The van der Waals surface area contributed by atoms with Crippen molar-refractivity contribution in [2.24, 2.45) is 0 Å². The quantitative estimate of drug-likeness (QED) is 0.835. The van der Waals surface area contributed by atoms with E-state index in [1.54, 1.807) is 0 Å². The third-order valence-electron chi connectivity index (χ3n) is 3.41. The van der Waals surface area contributed by atoms with Crippen molar-refractivity contribution in [1.82, 2.24) is 10.2 Å². The van der Waals surface area contributed by atoms with Crippen molar-refractivity contribution in [2.45, 2.75) is 25.3 Å². The van der Waals surface area contributed by atoms with E-state index in [1.807, 2.05) is 7.05 Å². The van der Waals surface area contributed by atoms with Crippen LogP contribution in [0.1, 0.15) is 30.9 Å². The van der Waals surface area contributed by atoms with Gasteiger partial charge in [-0.1, -0.05) is 36.8 Å². The van der Waals surface area contributed by atoms with Crippen LogP contribution >= 0.6 is 0 Å². The summed E-state index contributed by atoms with van der Waals surface area (Å²) < 4.78 is 0. The van der Waals surface area contributed by atoms with Crippen molar-refractivity contribution in [3.8, 4) is 0 Å². The molecule has 1 aromatic rings. The van der Waals surface area contributed by atoms with Crippen molar-refractivity contribution in [3.05, 3.63) is 35.9 Å². The lowest BCUT2D eigenvalue weighted by atomic mass is 10.0. The predicted octanol–water partition coefficient (Wildman–Crippen LogP) is 2.43. The normalized spacial score (nSPS) is 19.6. The Bertz CT molecular complexity index is 291. The zero-order chi connectivity index (χ0) is 11.2. The summed E-state index contributed by atoms with van der Waals surface area (Å²) in [5.74, 6) is 0. The SMILES string of the molecule is CNC[C@H](c1ccccc1)N1CCCCC1. The monoisotopic (exact) mass is 218 g/mol. The van der Waals surface area contributed by atoms with Gasteiger partial charge >= 0.3 is 0 Å². The Morgan fingerprint density at radius 3 is 2.44 bits per heavy atom. The average molecular weight is 218 g/mol. The summed E-state index contributed by atoms with van der Waals surface area (Å²) in [5, 5.41) is 3.32. The van der Waals surface area contributed by atoms with Crippen LogP contribution < -0.4 is 5.32 Å². The molecule has 1 N–H and O–H groups in total. The van der Waals surface area contributed by atoms with Gasteiger partial charge in [0, 0.05) is 12.6 Å². The number of rotatable bonds is 4. The molecule has 1 fully saturated rings. The van der Waals surface area contributed by atoms with Gasteiger partial charge in [-0.3, -0.25) is 4.90 Å². The molecule has 0 radical (unpaired) electrons. The van der Waals surface area contributed by atoms with Gasteiger partial charge in [0.2, 0.25) is 0 Å². The zero-order valence-corrected chi connectivity index (χ0v) is 10.2. The van der Waals surface area contributed by atoms with Gasteiger partial charge in [0.25, 0.3) is 0 Å². The van der Waals surface area contributed by atoms with Crippen LogP contribution in [0.15, 0.2) is 30.3 Å². The second kappa shape index (κ2) is 6.02. The first kappa shape index (κ1) is 11.6. The minimum absolute atomic E-state index is 0.548. The van der Waals surface area contributed by atoms with E-state index in [1.165, 1.54) is 37.9 Å². The Balaban J connectivity index is 2.09. The molecule has 0 spiro atoms. The molecule has 16 heavy (non-hydrogen) atoms. The van der Waals surface area contributed by atoms with E-state index in [2.05, 4.69) is 40.5 Å². The maximum atomic E-state index is 3.32. The van der Waals surface area contributed by atoms with Crippen LogP contribution in [0.25, 0.3) is 0 Å². The number of likely N-dealkylation sites (N-methyl/N-ethyl adjacent to an activating group) is 1. The molecule has 0 bridgehead atoms. The fraction of sp³-hybridized carbons (Fsp3) is 0.571. The minimum atomic E-state index is 0.548. The molecule has 1 aliphatic heterocycles. The van der Waals surface area contributed by atoms with Gasteiger partial charge in [0.15, 0.2) is 0 Å². The number of nitrogens with zero attached hydrogens (tertiary/aromatic N) is 1. The molecule has 2 rings (SSSR count). The van der Waals surface area contributed by atoms with Crippen LogP contribution in [0.2, 0.25) is 0 Å². The number of hydrogen-bond acceptors (Lipinski definition) is 2. The molecule has 0 saturated carbocycles. The largest absolute Gasteiger partial charge is 0.318 e. The molecule has 1 aromatic carbocycles. The van der Waals surface area contributed by atoms with Crippen LogP contribution in [0, 0.1) is 0 Å². The Kier molecular flexibility index (Phi) is 4.37. The average Bonchev–Trinajstić information content (AvgIpc) is 2.38. The molecule has 1 aliphatic rings. The molecule has 1 heterocycles. The lowest BCUT2D eigenvalue weighted by Gasteiger charge is -2.34. The lowest BCUT2D eigenvalue weighted by molar-refractivity contribution is 0.162. The molecule has 0 unspecified atom stereocenters. The lowest BCUT2D eigenvalue weighted by Crippen LogP contribution is -2.38. The van der Waals surface area contributed by atoms with E-state index in [0.717, 1.165) is 6.54 Å². The van der Waals surface area contributed by atoms with Crippen LogP contribution in [0.5, 0.6) is 0 Å². The Morgan fingerprint density at radius 1 is 1.12 bits per heavy atom. The van der Waals surface area contributed by atoms with E-state index < -0.39 is 0 Å². The molecule has 1 saturated heterocycles. The second-order valence-corrected chi connectivity index (χ2v) is 4.58. The first-order valence-corrected chi connectivity index (χ1v) is 6.35. The summed E-state index contributed by atoms with van der Waals surface area (Å²) in [7, 11) is 2.04. The van der Waals surface area contributed by atoms with Gasteiger partial charge in [0.05, 0.1) is 0 Å². The van der Waals surface area contributed by atoms with Crippen LogP contribution in [0.3, 0.4) is 0 Å².